The van der Waals surface area contributed by atoms with Crippen LogP contribution in [0.25, 0.3) is 0 Å². The van der Waals surface area contributed by atoms with Crippen LogP contribution in [0.3, 0.4) is 0 Å². The van der Waals surface area contributed by atoms with Crippen molar-refractivity contribution in [3.05, 3.63) is 34.3 Å². The van der Waals surface area contributed by atoms with Crippen LogP contribution in [-0.2, 0) is 6.54 Å². The molecule has 0 radical (unpaired) electrons. The van der Waals surface area contributed by atoms with Crippen molar-refractivity contribution in [2.75, 3.05) is 7.05 Å². The van der Waals surface area contributed by atoms with Crippen molar-refractivity contribution in [3.8, 4) is 0 Å². The second-order valence-electron chi connectivity index (χ2n) is 2.79. The fraction of sp³-hybridized carbons (Fsp3) is 0.222. The van der Waals surface area contributed by atoms with Gasteiger partial charge in [0.25, 0.3) is 0 Å². The molecule has 0 saturated heterocycles. The summed E-state index contributed by atoms with van der Waals surface area (Å²) < 4.78 is 16.9. The van der Waals surface area contributed by atoms with Crippen molar-refractivity contribution in [1.82, 2.24) is 9.03 Å². The van der Waals surface area contributed by atoms with Gasteiger partial charge in [-0.1, -0.05) is 28.1 Å². The minimum atomic E-state index is -1.47. The smallest absolute Gasteiger partial charge is 0.248 e. The molecule has 0 unspecified atom stereocenters. The molecule has 0 aliphatic rings. The maximum atomic E-state index is 12.1. The normalized spacial score (nSPS) is 10.1. The molecular formula is C9H10BrFN2OS. The van der Waals surface area contributed by atoms with Gasteiger partial charge in [0.1, 0.15) is 0 Å². The topological polar surface area (TPSA) is 32.3 Å². The van der Waals surface area contributed by atoms with Crippen molar-refractivity contribution >= 4 is 34.2 Å². The summed E-state index contributed by atoms with van der Waals surface area (Å²) in [7, 11) is 1.36. The van der Waals surface area contributed by atoms with Crippen LogP contribution < -0.4 is 4.72 Å². The molecule has 1 aromatic rings. The average molecular weight is 293 g/mol. The van der Waals surface area contributed by atoms with E-state index in [1.807, 2.05) is 24.3 Å². The molecule has 0 heterocycles. The molecule has 82 valence electrons. The lowest BCUT2D eigenvalue weighted by Gasteiger charge is -2.10. The standard InChI is InChI=1S/C9H10BrFN2OS/c1-13(9(11)14)15-12-6-7-2-4-8(10)5-3-7/h2-5,12H,6H2,1H3. The first-order valence-electron chi connectivity index (χ1n) is 4.17. The second-order valence-corrected chi connectivity index (χ2v) is 4.72. The number of halogens is 2. The first-order valence-corrected chi connectivity index (χ1v) is 5.73. The minimum absolute atomic E-state index is 0.565. The van der Waals surface area contributed by atoms with Crippen molar-refractivity contribution in [2.45, 2.75) is 6.54 Å². The first kappa shape index (κ1) is 12.5. The molecule has 15 heavy (non-hydrogen) atoms. The van der Waals surface area contributed by atoms with Gasteiger partial charge in [0.05, 0.1) is 0 Å². The Morgan fingerprint density at radius 3 is 2.67 bits per heavy atom. The lowest BCUT2D eigenvalue weighted by atomic mass is 10.2. The van der Waals surface area contributed by atoms with Gasteiger partial charge in [0.2, 0.25) is 0 Å². The van der Waals surface area contributed by atoms with Crippen LogP contribution in [0.15, 0.2) is 28.7 Å². The Morgan fingerprint density at radius 1 is 1.53 bits per heavy atom. The van der Waals surface area contributed by atoms with Gasteiger partial charge in [0.15, 0.2) is 0 Å². The monoisotopic (exact) mass is 292 g/mol. The summed E-state index contributed by atoms with van der Waals surface area (Å²) in [4.78, 5) is 10.2. The average Bonchev–Trinajstić information content (AvgIpc) is 2.20. The number of nitrogens with one attached hydrogen (secondary N) is 1. The Kier molecular flexibility index (Phi) is 5.07. The van der Waals surface area contributed by atoms with E-state index < -0.39 is 6.16 Å². The number of amides is 1. The van der Waals surface area contributed by atoms with Gasteiger partial charge in [-0.15, -0.1) is 4.39 Å². The number of carbonyl (C=O) groups excluding carboxylic acids is 1. The van der Waals surface area contributed by atoms with Crippen molar-refractivity contribution in [2.24, 2.45) is 0 Å². The molecule has 0 fully saturated rings. The van der Waals surface area contributed by atoms with Gasteiger partial charge >= 0.3 is 6.16 Å². The Bertz CT molecular complexity index is 333. The molecule has 0 saturated carbocycles. The lowest BCUT2D eigenvalue weighted by Crippen LogP contribution is -2.19. The van der Waals surface area contributed by atoms with Gasteiger partial charge in [0, 0.05) is 30.2 Å². The maximum absolute atomic E-state index is 12.1. The zero-order valence-electron chi connectivity index (χ0n) is 8.04. The summed E-state index contributed by atoms with van der Waals surface area (Å²) in [5.74, 6) is 0. The van der Waals surface area contributed by atoms with Gasteiger partial charge in [-0.25, -0.2) is 13.8 Å². The molecule has 0 spiro atoms. The summed E-state index contributed by atoms with van der Waals surface area (Å²) in [6.45, 7) is 0.565. The van der Waals surface area contributed by atoms with Crippen molar-refractivity contribution in [3.63, 3.8) is 0 Å². The Morgan fingerprint density at radius 2 is 2.13 bits per heavy atom. The van der Waals surface area contributed by atoms with Crippen LogP contribution in [0.5, 0.6) is 0 Å². The number of hydrogen-bond acceptors (Lipinski definition) is 3. The van der Waals surface area contributed by atoms with Gasteiger partial charge in [-0.05, 0) is 17.7 Å². The van der Waals surface area contributed by atoms with Crippen LogP contribution in [-0.4, -0.2) is 17.5 Å². The van der Waals surface area contributed by atoms with Gasteiger partial charge in [-0.3, -0.25) is 0 Å². The van der Waals surface area contributed by atoms with E-state index in [0.717, 1.165) is 26.5 Å². The summed E-state index contributed by atoms with van der Waals surface area (Å²) >= 11 is 4.26. The SMILES string of the molecule is CN(SNCc1ccc(Br)cc1)C(=O)F. The number of nitrogens with zero attached hydrogens (tertiary/aromatic N) is 1. The predicted octanol–water partition coefficient (Wildman–Crippen LogP) is 3.12. The Hall–Kier alpha value is -0.590. The van der Waals surface area contributed by atoms with Gasteiger partial charge < -0.3 is 0 Å². The summed E-state index contributed by atoms with van der Waals surface area (Å²) in [6.07, 6.45) is -1.47. The largest absolute Gasteiger partial charge is 0.410 e. The molecule has 0 bridgehead atoms. The molecule has 6 heteroatoms. The Labute approximate surface area is 100 Å². The van der Waals surface area contributed by atoms with Crippen molar-refractivity contribution < 1.29 is 9.18 Å². The molecule has 1 rings (SSSR count). The highest BCUT2D eigenvalue weighted by molar-refractivity contribution is 9.10. The van der Waals surface area contributed by atoms with E-state index >= 15 is 0 Å². The minimum Gasteiger partial charge on any atom is -0.248 e. The summed E-state index contributed by atoms with van der Waals surface area (Å²) in [6, 6.07) is 7.72. The molecule has 1 amide bonds. The van der Waals surface area contributed by atoms with Crippen LogP contribution >= 0.6 is 28.1 Å². The van der Waals surface area contributed by atoms with E-state index in [1.54, 1.807) is 0 Å². The van der Waals surface area contributed by atoms with E-state index in [0.29, 0.717) is 6.54 Å². The highest BCUT2D eigenvalue weighted by Crippen LogP contribution is 2.11. The van der Waals surface area contributed by atoms with Crippen LogP contribution in [0.4, 0.5) is 9.18 Å². The lowest BCUT2D eigenvalue weighted by molar-refractivity contribution is 0.209. The molecule has 0 atom stereocenters. The Balaban J connectivity index is 2.32. The molecule has 0 aliphatic heterocycles. The van der Waals surface area contributed by atoms with E-state index in [-0.39, 0.29) is 0 Å². The zero-order valence-corrected chi connectivity index (χ0v) is 10.4. The van der Waals surface area contributed by atoms with E-state index in [2.05, 4.69) is 20.7 Å². The molecule has 3 nitrogen and oxygen atoms in total. The summed E-state index contributed by atoms with van der Waals surface area (Å²) in [5, 5.41) is 0. The second kappa shape index (κ2) is 6.09. The zero-order chi connectivity index (χ0) is 11.3. The van der Waals surface area contributed by atoms with Crippen LogP contribution in [0.1, 0.15) is 5.56 Å². The molecule has 0 aromatic heterocycles. The predicted molar refractivity (Wildman–Crippen MR) is 62.8 cm³/mol. The number of hydrogen-bond donors (Lipinski definition) is 1. The highest BCUT2D eigenvalue weighted by Gasteiger charge is 2.05. The molecule has 1 N–H and O–H groups in total. The molecule has 0 aliphatic carbocycles. The third kappa shape index (κ3) is 4.63. The van der Waals surface area contributed by atoms with Crippen LogP contribution in [0.2, 0.25) is 0 Å². The fourth-order valence-corrected chi connectivity index (χ4v) is 1.61. The highest BCUT2D eigenvalue weighted by atomic mass is 79.9. The third-order valence-electron chi connectivity index (χ3n) is 1.64. The fourth-order valence-electron chi connectivity index (χ4n) is 0.851. The van der Waals surface area contributed by atoms with E-state index in [1.165, 1.54) is 7.05 Å². The third-order valence-corrected chi connectivity index (χ3v) is 2.86. The molecular weight excluding hydrogens is 283 g/mol. The number of rotatable bonds is 4. The van der Waals surface area contributed by atoms with Crippen LogP contribution in [0, 0.1) is 0 Å². The summed E-state index contributed by atoms with van der Waals surface area (Å²) in [5.41, 5.74) is 1.06. The first-order chi connectivity index (χ1) is 7.09. The number of carbonyl (C=O) groups is 1. The molecule has 1 aromatic carbocycles. The van der Waals surface area contributed by atoms with E-state index in [4.69, 9.17) is 0 Å². The van der Waals surface area contributed by atoms with E-state index in [9.17, 15) is 9.18 Å². The maximum Gasteiger partial charge on any atom is 0.410 e. The van der Waals surface area contributed by atoms with Crippen molar-refractivity contribution in [1.29, 1.82) is 0 Å². The quantitative estimate of drug-likeness (QED) is 0.526. The van der Waals surface area contributed by atoms with Gasteiger partial charge in [-0.2, -0.15) is 0 Å². The number of benzene rings is 1.